The Balaban J connectivity index is 0.00000181. The van der Waals surface area contributed by atoms with Gasteiger partial charge in [0, 0.05) is 23.2 Å². The van der Waals surface area contributed by atoms with Gasteiger partial charge in [-0.2, -0.15) is 0 Å². The van der Waals surface area contributed by atoms with Crippen molar-refractivity contribution in [1.29, 1.82) is 0 Å². The van der Waals surface area contributed by atoms with Gasteiger partial charge in [0.15, 0.2) is 11.6 Å². The minimum Gasteiger partial charge on any atom is -0.790 e. The van der Waals surface area contributed by atoms with Gasteiger partial charge in [0.25, 0.3) is 0 Å². The second-order valence-corrected chi connectivity index (χ2v) is 10.6. The minimum absolute atomic E-state index is 0. The fourth-order valence-corrected chi connectivity index (χ4v) is 7.78. The Hall–Kier alpha value is 0.560. The van der Waals surface area contributed by atoms with Gasteiger partial charge in [-0.1, -0.05) is 25.5 Å². The van der Waals surface area contributed by atoms with Crippen LogP contribution in [0.15, 0.2) is 23.8 Å². The number of ketones is 3. The van der Waals surface area contributed by atoms with Crippen LogP contribution in [0.5, 0.6) is 0 Å². The van der Waals surface area contributed by atoms with E-state index in [4.69, 9.17) is 4.52 Å². The Kier molecular flexibility index (Phi) is 8.59. The number of phosphoric ester groups is 1. The molecule has 11 heteroatoms. The molecule has 8 nitrogen and oxygen atoms in total. The third-order valence-electron chi connectivity index (χ3n) is 8.24. The number of carbonyl (C=O) groups is 3. The van der Waals surface area contributed by atoms with E-state index in [1.807, 2.05) is 6.92 Å². The molecule has 4 rings (SSSR count). The summed E-state index contributed by atoms with van der Waals surface area (Å²) in [6.45, 7) is 2.61. The molecule has 0 radical (unpaired) electrons. The smallest absolute Gasteiger partial charge is 0.790 e. The molecular weight excluding hydrogens is 457 g/mol. The molecule has 0 saturated heterocycles. The molecule has 6 atom stereocenters. The predicted octanol–water partition coefficient (Wildman–Crippen LogP) is -5.37. The Morgan fingerprint density at radius 2 is 1.91 bits per heavy atom. The van der Waals surface area contributed by atoms with Gasteiger partial charge in [0.2, 0.25) is 0 Å². The van der Waals surface area contributed by atoms with Crippen LogP contribution < -0.4 is 68.9 Å². The molecule has 0 aromatic heterocycles. The predicted molar refractivity (Wildman–Crippen MR) is 101 cm³/mol. The van der Waals surface area contributed by atoms with Gasteiger partial charge < -0.3 is 24.0 Å². The standard InChI is InChI=1S/C21H27O8P.2Na/c1-19-7-5-13(23)9-12(19)3-4-14-15-6-8-21(17(25)11-22,29-30(26,27)28)20(15,2)10-16(24)18(14)19;;/h5,7,9,14-15,18,22H,3-4,6,8,10-11H2,1-2H3,(H2,26,27,28);;/q;2*+1/p-2/t14-,15-,18+,19-,20-,21-;;/m0../s1. The van der Waals surface area contributed by atoms with Gasteiger partial charge in [-0.05, 0) is 49.7 Å². The molecule has 164 valence electrons. The third kappa shape index (κ3) is 4.22. The number of hydrogen-bond acceptors (Lipinski definition) is 8. The molecule has 0 bridgehead atoms. The van der Waals surface area contributed by atoms with Crippen LogP contribution in [-0.2, 0) is 23.5 Å². The van der Waals surface area contributed by atoms with E-state index in [0.29, 0.717) is 19.3 Å². The van der Waals surface area contributed by atoms with E-state index in [1.165, 1.54) is 6.08 Å². The first-order chi connectivity index (χ1) is 13.9. The van der Waals surface area contributed by atoms with Crippen LogP contribution in [0.1, 0.15) is 46.0 Å². The van der Waals surface area contributed by atoms with Crippen LogP contribution in [0.25, 0.3) is 0 Å². The zero-order valence-electron chi connectivity index (χ0n) is 19.0. The maximum Gasteiger partial charge on any atom is 1.00 e. The number of phosphoric acid groups is 1. The molecule has 32 heavy (non-hydrogen) atoms. The molecule has 4 aliphatic rings. The minimum atomic E-state index is -5.55. The largest absolute Gasteiger partial charge is 1.00 e. The number of fused-ring (bicyclic) bond motifs is 5. The molecular formula is C21H25Na2O8P. The van der Waals surface area contributed by atoms with Crippen LogP contribution in [0.4, 0.5) is 0 Å². The Morgan fingerprint density at radius 3 is 2.50 bits per heavy atom. The van der Waals surface area contributed by atoms with Gasteiger partial charge in [0.1, 0.15) is 18.0 Å². The molecule has 3 fully saturated rings. The topological polar surface area (TPSA) is 144 Å². The monoisotopic (exact) mass is 482 g/mol. The fourth-order valence-electron chi connectivity index (χ4n) is 6.99. The molecule has 0 aromatic rings. The number of aliphatic hydroxyl groups is 1. The summed E-state index contributed by atoms with van der Waals surface area (Å²) in [5, 5.41) is 9.52. The first kappa shape index (κ1) is 28.8. The van der Waals surface area contributed by atoms with E-state index in [-0.39, 0.29) is 95.4 Å². The van der Waals surface area contributed by atoms with Gasteiger partial charge in [-0.25, -0.2) is 0 Å². The molecule has 1 N–H and O–H groups in total. The second kappa shape index (κ2) is 9.55. The van der Waals surface area contributed by atoms with Crippen molar-refractivity contribution in [2.75, 3.05) is 6.61 Å². The Bertz CT molecular complexity index is 942. The molecule has 0 aromatic carbocycles. The second-order valence-electron chi connectivity index (χ2n) is 9.52. The summed E-state index contributed by atoms with van der Waals surface area (Å²) in [6, 6.07) is 0. The van der Waals surface area contributed by atoms with Gasteiger partial charge in [-0.15, -0.1) is 0 Å². The SMILES string of the molecule is C[C@]12C=CC(=O)C=C1CC[C@@H]1[C@@H]2C(=O)C[C@@]2(C)[C@H]1CC[C@]2(OP(=O)([O-])[O-])C(=O)CO.[Na+].[Na+]. The Morgan fingerprint density at radius 1 is 1.25 bits per heavy atom. The van der Waals surface area contributed by atoms with Crippen molar-refractivity contribution in [2.24, 2.45) is 28.6 Å². The van der Waals surface area contributed by atoms with E-state index in [0.717, 1.165) is 5.57 Å². The number of Topliss-reactive ketones (excluding diaryl/α,β-unsaturated/α-hetero) is 2. The van der Waals surface area contributed by atoms with Crippen molar-refractivity contribution in [2.45, 2.75) is 51.6 Å². The average Bonchev–Trinajstić information content (AvgIpc) is 2.92. The number of carbonyl (C=O) groups excluding carboxylic acids is 3. The van der Waals surface area contributed by atoms with Crippen molar-refractivity contribution in [3.63, 3.8) is 0 Å². The third-order valence-corrected chi connectivity index (χ3v) is 8.77. The van der Waals surface area contributed by atoms with Crippen molar-refractivity contribution < 1.29 is 97.5 Å². The molecule has 0 heterocycles. The van der Waals surface area contributed by atoms with Crippen molar-refractivity contribution in [3.05, 3.63) is 23.8 Å². The van der Waals surface area contributed by atoms with Crippen molar-refractivity contribution in [1.82, 2.24) is 0 Å². The zero-order valence-corrected chi connectivity index (χ0v) is 23.9. The molecule has 0 spiro atoms. The van der Waals surface area contributed by atoms with Crippen LogP contribution in [0.2, 0.25) is 0 Å². The van der Waals surface area contributed by atoms with E-state index in [9.17, 15) is 33.8 Å². The normalized spacial score (nSPS) is 40.3. The number of aliphatic hydroxyl groups excluding tert-OH is 1. The summed E-state index contributed by atoms with van der Waals surface area (Å²) < 4.78 is 16.4. The van der Waals surface area contributed by atoms with Crippen LogP contribution in [0, 0.1) is 28.6 Å². The van der Waals surface area contributed by atoms with Crippen LogP contribution in [0.3, 0.4) is 0 Å². The summed E-state index contributed by atoms with van der Waals surface area (Å²) in [5.41, 5.74) is -2.92. The quantitative estimate of drug-likeness (QED) is 0.309. The molecule has 4 aliphatic carbocycles. The van der Waals surface area contributed by atoms with Gasteiger partial charge >= 0.3 is 59.1 Å². The fraction of sp³-hybridized carbons (Fsp3) is 0.667. The Labute approximate surface area is 231 Å². The zero-order chi connectivity index (χ0) is 22.1. The van der Waals surface area contributed by atoms with Crippen LogP contribution >= 0.6 is 7.82 Å². The number of rotatable bonds is 4. The summed E-state index contributed by atoms with van der Waals surface area (Å²) in [5.74, 6) is -1.89. The van der Waals surface area contributed by atoms with Gasteiger partial charge in [-0.3, -0.25) is 14.4 Å². The number of allylic oxidation sites excluding steroid dienone is 4. The summed E-state index contributed by atoms with van der Waals surface area (Å²) >= 11 is 0. The summed E-state index contributed by atoms with van der Waals surface area (Å²) in [7, 11) is -5.55. The van der Waals surface area contributed by atoms with Crippen molar-refractivity contribution in [3.8, 4) is 0 Å². The molecule has 0 amide bonds. The maximum atomic E-state index is 13.5. The van der Waals surface area contributed by atoms with E-state index < -0.39 is 42.6 Å². The van der Waals surface area contributed by atoms with E-state index in [1.54, 1.807) is 19.1 Å². The molecule has 0 unspecified atom stereocenters. The van der Waals surface area contributed by atoms with Crippen LogP contribution in [-0.4, -0.2) is 34.7 Å². The molecule has 3 saturated carbocycles. The number of hydrogen-bond donors (Lipinski definition) is 1. The molecule has 0 aliphatic heterocycles. The summed E-state index contributed by atoms with van der Waals surface area (Å²) in [4.78, 5) is 61.1. The first-order valence-corrected chi connectivity index (χ1v) is 11.7. The average molecular weight is 482 g/mol. The maximum absolute atomic E-state index is 13.5. The summed E-state index contributed by atoms with van der Waals surface area (Å²) in [6.07, 6.45) is 6.36. The van der Waals surface area contributed by atoms with Crippen molar-refractivity contribution >= 4 is 25.2 Å². The van der Waals surface area contributed by atoms with Gasteiger partial charge in [0.05, 0.1) is 7.82 Å². The first-order valence-electron chi connectivity index (χ1n) is 10.2. The van der Waals surface area contributed by atoms with E-state index >= 15 is 0 Å². The van der Waals surface area contributed by atoms with E-state index in [2.05, 4.69) is 0 Å².